The molecule has 2 rings (SSSR count). The van der Waals surface area contributed by atoms with Gasteiger partial charge in [0.05, 0.1) is 17.9 Å². The lowest BCUT2D eigenvalue weighted by Gasteiger charge is -2.16. The number of hydrogen-bond donors (Lipinski definition) is 4. The summed E-state index contributed by atoms with van der Waals surface area (Å²) in [5, 5.41) is 17.7. The first-order chi connectivity index (χ1) is 5.77. The minimum Gasteiger partial charge on any atom is -0.478 e. The van der Waals surface area contributed by atoms with E-state index in [0.29, 0.717) is 6.67 Å². The van der Waals surface area contributed by atoms with E-state index < -0.39 is 5.97 Å². The molecule has 2 aliphatic heterocycles. The van der Waals surface area contributed by atoms with E-state index >= 15 is 0 Å². The molecule has 0 spiro atoms. The summed E-state index contributed by atoms with van der Waals surface area (Å²) in [5.41, 5.74) is 1.16. The summed E-state index contributed by atoms with van der Waals surface area (Å²) >= 11 is 0. The van der Waals surface area contributed by atoms with Crippen LogP contribution >= 0.6 is 0 Å². The lowest BCUT2D eigenvalue weighted by Crippen LogP contribution is -2.37. The van der Waals surface area contributed by atoms with Crippen LogP contribution < -0.4 is 16.0 Å². The number of fused-ring (bicyclic) bond motifs is 1. The number of aliphatic carboxylic acids is 1. The molecule has 0 aromatic heterocycles. The van der Waals surface area contributed by atoms with E-state index in [4.69, 9.17) is 5.11 Å². The van der Waals surface area contributed by atoms with Gasteiger partial charge >= 0.3 is 5.97 Å². The Bertz CT molecular complexity index is 282. The predicted molar refractivity (Wildman–Crippen MR) is 41.9 cm³/mol. The Balaban J connectivity index is 2.22. The number of hydrogen-bond acceptors (Lipinski definition) is 4. The predicted octanol–water partition coefficient (Wildman–Crippen LogP) is -1.08. The maximum Gasteiger partial charge on any atom is 0.337 e. The van der Waals surface area contributed by atoms with Crippen molar-refractivity contribution >= 4 is 5.97 Å². The van der Waals surface area contributed by atoms with Crippen LogP contribution in [-0.2, 0) is 4.79 Å². The zero-order valence-electron chi connectivity index (χ0n) is 6.29. The van der Waals surface area contributed by atoms with Crippen LogP contribution in [0.1, 0.15) is 0 Å². The number of dihydropyridines is 1. The molecule has 0 saturated carbocycles. The molecule has 2 aliphatic rings. The summed E-state index contributed by atoms with van der Waals surface area (Å²) < 4.78 is 0. The molecule has 1 unspecified atom stereocenters. The molecule has 0 radical (unpaired) electrons. The summed E-state index contributed by atoms with van der Waals surface area (Å²) in [5.74, 6) is -0.915. The summed E-state index contributed by atoms with van der Waals surface area (Å²) in [6, 6.07) is 0. The molecule has 5 heteroatoms. The molecule has 5 nitrogen and oxygen atoms in total. The van der Waals surface area contributed by atoms with Gasteiger partial charge in [0.2, 0.25) is 0 Å². The number of nitrogens with one attached hydrogen (secondary N) is 3. The first-order valence-electron chi connectivity index (χ1n) is 3.66. The van der Waals surface area contributed by atoms with Crippen molar-refractivity contribution in [3.63, 3.8) is 0 Å². The van der Waals surface area contributed by atoms with Gasteiger partial charge in [-0.15, -0.1) is 0 Å². The third kappa shape index (κ3) is 1.04. The standard InChI is InChI=1S/C7H9N3O2/c11-7(12)4-1-5-6(8-2-4)10-3-9-5/h1-2,6,8-10H,3H2,(H,11,12). The highest BCUT2D eigenvalue weighted by molar-refractivity contribution is 5.90. The zero-order valence-corrected chi connectivity index (χ0v) is 6.29. The quantitative estimate of drug-likeness (QED) is 0.400. The molecule has 0 aromatic rings. The molecule has 0 aliphatic carbocycles. The Labute approximate surface area is 69.1 Å². The minimum atomic E-state index is -0.915. The van der Waals surface area contributed by atoms with E-state index in [-0.39, 0.29) is 11.7 Å². The molecule has 2 heterocycles. The Hall–Kier alpha value is -1.49. The van der Waals surface area contributed by atoms with Crippen molar-refractivity contribution in [1.82, 2.24) is 16.0 Å². The zero-order chi connectivity index (χ0) is 8.55. The van der Waals surface area contributed by atoms with Gasteiger partial charge in [-0.25, -0.2) is 4.79 Å². The van der Waals surface area contributed by atoms with Crippen LogP contribution in [0.15, 0.2) is 23.5 Å². The van der Waals surface area contributed by atoms with E-state index in [0.717, 1.165) is 5.70 Å². The van der Waals surface area contributed by atoms with E-state index in [1.165, 1.54) is 6.20 Å². The van der Waals surface area contributed by atoms with Crippen LogP contribution in [0.3, 0.4) is 0 Å². The summed E-state index contributed by atoms with van der Waals surface area (Å²) in [4.78, 5) is 10.5. The second kappa shape index (κ2) is 2.53. The molecule has 64 valence electrons. The molecule has 4 N–H and O–H groups in total. The maximum atomic E-state index is 10.5. The highest BCUT2D eigenvalue weighted by Crippen LogP contribution is 2.11. The normalized spacial score (nSPS) is 26.2. The molecule has 0 aromatic carbocycles. The van der Waals surface area contributed by atoms with Gasteiger partial charge in [-0.2, -0.15) is 0 Å². The lowest BCUT2D eigenvalue weighted by molar-refractivity contribution is -0.132. The van der Waals surface area contributed by atoms with Gasteiger partial charge in [-0.1, -0.05) is 0 Å². The van der Waals surface area contributed by atoms with Gasteiger partial charge in [0, 0.05) is 6.20 Å². The summed E-state index contributed by atoms with van der Waals surface area (Å²) in [6.45, 7) is 0.671. The van der Waals surface area contributed by atoms with Crippen molar-refractivity contribution in [2.24, 2.45) is 0 Å². The fraction of sp³-hybridized carbons (Fsp3) is 0.286. The third-order valence-corrected chi connectivity index (χ3v) is 1.87. The number of carboxylic acid groups (broad SMARTS) is 1. The van der Waals surface area contributed by atoms with Gasteiger partial charge in [-0.05, 0) is 6.08 Å². The van der Waals surface area contributed by atoms with Crippen molar-refractivity contribution in [3.8, 4) is 0 Å². The van der Waals surface area contributed by atoms with Crippen LogP contribution in [0.5, 0.6) is 0 Å². The Kier molecular flexibility index (Phi) is 1.51. The van der Waals surface area contributed by atoms with Gasteiger partial charge < -0.3 is 15.7 Å². The SMILES string of the molecule is O=C(O)C1=CNC2NCNC2=C1. The number of carbonyl (C=O) groups is 1. The first-order valence-corrected chi connectivity index (χ1v) is 3.66. The van der Waals surface area contributed by atoms with Crippen LogP contribution in [0.4, 0.5) is 0 Å². The molecule has 0 bridgehead atoms. The maximum absolute atomic E-state index is 10.5. The molecular formula is C7H9N3O2. The van der Waals surface area contributed by atoms with Gasteiger partial charge in [0.1, 0.15) is 6.17 Å². The van der Waals surface area contributed by atoms with Crippen molar-refractivity contribution < 1.29 is 9.90 Å². The average Bonchev–Trinajstić information content (AvgIpc) is 2.49. The van der Waals surface area contributed by atoms with Gasteiger partial charge in [0.15, 0.2) is 0 Å². The fourth-order valence-corrected chi connectivity index (χ4v) is 1.26. The van der Waals surface area contributed by atoms with Crippen molar-refractivity contribution in [2.75, 3.05) is 6.67 Å². The Morgan fingerprint density at radius 1 is 1.67 bits per heavy atom. The van der Waals surface area contributed by atoms with Crippen LogP contribution in [0, 0.1) is 0 Å². The van der Waals surface area contributed by atoms with Crippen LogP contribution in [-0.4, -0.2) is 23.9 Å². The topological polar surface area (TPSA) is 73.4 Å². The Morgan fingerprint density at radius 3 is 3.25 bits per heavy atom. The summed E-state index contributed by atoms with van der Waals surface area (Å²) in [6.07, 6.45) is 3.17. The van der Waals surface area contributed by atoms with Crippen molar-refractivity contribution in [3.05, 3.63) is 23.5 Å². The third-order valence-electron chi connectivity index (χ3n) is 1.87. The second-order valence-electron chi connectivity index (χ2n) is 2.66. The molecule has 1 saturated heterocycles. The molecule has 0 amide bonds. The first kappa shape index (κ1) is 7.17. The van der Waals surface area contributed by atoms with E-state index in [1.807, 2.05) is 0 Å². The second-order valence-corrected chi connectivity index (χ2v) is 2.66. The van der Waals surface area contributed by atoms with Crippen LogP contribution in [0.2, 0.25) is 0 Å². The van der Waals surface area contributed by atoms with E-state index in [1.54, 1.807) is 6.08 Å². The molecule has 12 heavy (non-hydrogen) atoms. The smallest absolute Gasteiger partial charge is 0.337 e. The van der Waals surface area contributed by atoms with Gasteiger partial charge in [0.25, 0.3) is 0 Å². The fourth-order valence-electron chi connectivity index (χ4n) is 1.26. The van der Waals surface area contributed by atoms with E-state index in [2.05, 4.69) is 16.0 Å². The number of rotatable bonds is 1. The van der Waals surface area contributed by atoms with Crippen molar-refractivity contribution in [2.45, 2.75) is 6.17 Å². The molecule has 1 atom stereocenters. The summed E-state index contributed by atoms with van der Waals surface area (Å²) in [7, 11) is 0. The van der Waals surface area contributed by atoms with E-state index in [9.17, 15) is 4.79 Å². The minimum absolute atomic E-state index is 0.0492. The number of carboxylic acids is 1. The largest absolute Gasteiger partial charge is 0.478 e. The lowest BCUT2D eigenvalue weighted by atomic mass is 10.1. The van der Waals surface area contributed by atoms with Crippen LogP contribution in [0.25, 0.3) is 0 Å². The molecule has 1 fully saturated rings. The van der Waals surface area contributed by atoms with Crippen molar-refractivity contribution in [1.29, 1.82) is 0 Å². The average molecular weight is 167 g/mol. The monoisotopic (exact) mass is 167 g/mol. The highest BCUT2D eigenvalue weighted by atomic mass is 16.4. The molecular weight excluding hydrogens is 158 g/mol. The highest BCUT2D eigenvalue weighted by Gasteiger charge is 2.23. The Morgan fingerprint density at radius 2 is 2.50 bits per heavy atom. The van der Waals surface area contributed by atoms with Gasteiger partial charge in [-0.3, -0.25) is 5.32 Å².